The number of aromatic amines is 1. The number of nitrogens with zero attached hydrogens (tertiary/aromatic N) is 2. The Balaban J connectivity index is 1.79. The summed E-state index contributed by atoms with van der Waals surface area (Å²) in [7, 11) is 3.39. The first-order chi connectivity index (χ1) is 11.1. The van der Waals surface area contributed by atoms with Gasteiger partial charge in [0.15, 0.2) is 5.69 Å². The number of nitrogens with one attached hydrogen (secondary N) is 2. The maximum Gasteiger partial charge on any atom is 0.276 e. The summed E-state index contributed by atoms with van der Waals surface area (Å²) < 4.78 is 0. The summed E-state index contributed by atoms with van der Waals surface area (Å²) in [4.78, 5) is 25.7. The number of carbonyl (C=O) groups is 2. The zero-order valence-electron chi connectivity index (χ0n) is 12.8. The minimum Gasteiger partial charge on any atom is -0.345 e. The van der Waals surface area contributed by atoms with E-state index < -0.39 is 0 Å². The number of amides is 2. The topological polar surface area (TPSA) is 78.1 Å². The Morgan fingerprint density at radius 2 is 1.74 bits per heavy atom. The summed E-state index contributed by atoms with van der Waals surface area (Å²) in [6, 6.07) is 14.2. The minimum absolute atomic E-state index is 0.0822. The van der Waals surface area contributed by atoms with Gasteiger partial charge in [0, 0.05) is 30.7 Å². The average molecular weight is 308 g/mol. The zero-order valence-corrected chi connectivity index (χ0v) is 12.8. The molecule has 0 saturated heterocycles. The van der Waals surface area contributed by atoms with E-state index in [0.717, 1.165) is 10.9 Å². The number of hydrogen-bond acceptors (Lipinski definition) is 3. The predicted octanol–water partition coefficient (Wildman–Crippen LogP) is 2.52. The highest BCUT2D eigenvalue weighted by atomic mass is 16.2. The Labute approximate surface area is 133 Å². The Kier molecular flexibility index (Phi) is 3.80. The van der Waals surface area contributed by atoms with Crippen LogP contribution in [0.1, 0.15) is 20.8 Å². The van der Waals surface area contributed by atoms with Crippen LogP contribution in [0, 0.1) is 0 Å². The normalized spacial score (nSPS) is 10.5. The third-order valence-electron chi connectivity index (χ3n) is 3.48. The van der Waals surface area contributed by atoms with Gasteiger partial charge in [-0.1, -0.05) is 18.2 Å². The van der Waals surface area contributed by atoms with Crippen LogP contribution in [0.2, 0.25) is 0 Å². The molecule has 6 heteroatoms. The van der Waals surface area contributed by atoms with Crippen LogP contribution in [0.5, 0.6) is 0 Å². The van der Waals surface area contributed by atoms with Gasteiger partial charge in [-0.05, 0) is 30.3 Å². The van der Waals surface area contributed by atoms with Gasteiger partial charge in [0.05, 0.1) is 5.52 Å². The van der Waals surface area contributed by atoms with Crippen LogP contribution in [0.15, 0.2) is 48.5 Å². The molecule has 23 heavy (non-hydrogen) atoms. The highest BCUT2D eigenvalue weighted by Crippen LogP contribution is 2.17. The second-order valence-electron chi connectivity index (χ2n) is 5.35. The van der Waals surface area contributed by atoms with Crippen molar-refractivity contribution in [3.63, 3.8) is 0 Å². The fraction of sp³-hybridized carbons (Fsp3) is 0.118. The van der Waals surface area contributed by atoms with Crippen molar-refractivity contribution in [2.75, 3.05) is 19.4 Å². The van der Waals surface area contributed by atoms with Crippen LogP contribution in [0.3, 0.4) is 0 Å². The molecule has 6 nitrogen and oxygen atoms in total. The van der Waals surface area contributed by atoms with Crippen molar-refractivity contribution in [3.8, 4) is 0 Å². The first-order valence-electron chi connectivity index (χ1n) is 7.12. The zero-order chi connectivity index (χ0) is 16.4. The van der Waals surface area contributed by atoms with Gasteiger partial charge in [0.1, 0.15) is 0 Å². The molecular formula is C17H16N4O2. The van der Waals surface area contributed by atoms with Crippen molar-refractivity contribution < 1.29 is 9.59 Å². The molecule has 3 rings (SSSR count). The number of fused-ring (bicyclic) bond motifs is 1. The summed E-state index contributed by atoms with van der Waals surface area (Å²) in [6.07, 6.45) is 0. The van der Waals surface area contributed by atoms with E-state index in [1.807, 2.05) is 24.3 Å². The summed E-state index contributed by atoms with van der Waals surface area (Å²) >= 11 is 0. The van der Waals surface area contributed by atoms with E-state index in [1.165, 1.54) is 4.90 Å². The van der Waals surface area contributed by atoms with Crippen LogP contribution in [-0.4, -0.2) is 41.0 Å². The molecule has 2 N–H and O–H groups in total. The van der Waals surface area contributed by atoms with Crippen molar-refractivity contribution in [1.82, 2.24) is 15.1 Å². The first-order valence-corrected chi connectivity index (χ1v) is 7.12. The predicted molar refractivity (Wildman–Crippen MR) is 88.5 cm³/mol. The molecule has 0 radical (unpaired) electrons. The number of aromatic nitrogens is 2. The summed E-state index contributed by atoms with van der Waals surface area (Å²) in [6.45, 7) is 0. The summed E-state index contributed by atoms with van der Waals surface area (Å²) in [5.74, 6) is -0.379. The largest absolute Gasteiger partial charge is 0.345 e. The molecular weight excluding hydrogens is 292 g/mol. The monoisotopic (exact) mass is 308 g/mol. The number of rotatable bonds is 3. The number of H-pyrrole nitrogens is 1. The van der Waals surface area contributed by atoms with Crippen molar-refractivity contribution in [3.05, 3.63) is 59.8 Å². The fourth-order valence-corrected chi connectivity index (χ4v) is 2.28. The van der Waals surface area contributed by atoms with Gasteiger partial charge in [-0.2, -0.15) is 5.10 Å². The molecule has 0 aliphatic heterocycles. The minimum atomic E-state index is -0.297. The van der Waals surface area contributed by atoms with Gasteiger partial charge in [-0.3, -0.25) is 14.7 Å². The van der Waals surface area contributed by atoms with Gasteiger partial charge in [-0.15, -0.1) is 0 Å². The molecule has 1 aromatic heterocycles. The van der Waals surface area contributed by atoms with Crippen LogP contribution in [-0.2, 0) is 0 Å². The van der Waals surface area contributed by atoms with E-state index in [-0.39, 0.29) is 11.8 Å². The Morgan fingerprint density at radius 1 is 1.04 bits per heavy atom. The lowest BCUT2D eigenvalue weighted by atomic mass is 10.1. The van der Waals surface area contributed by atoms with E-state index in [0.29, 0.717) is 16.9 Å². The maximum absolute atomic E-state index is 12.3. The quantitative estimate of drug-likeness (QED) is 0.780. The van der Waals surface area contributed by atoms with Crippen molar-refractivity contribution in [2.24, 2.45) is 0 Å². The van der Waals surface area contributed by atoms with Gasteiger partial charge >= 0.3 is 0 Å². The standard InChI is InChI=1S/C17H16N4O2/c1-21(2)17(23)11-7-9-12(10-8-11)18-16(22)15-13-5-3-4-6-14(13)19-20-15/h3-10H,1-2H3,(H,18,22)(H,19,20). The maximum atomic E-state index is 12.3. The molecule has 0 spiro atoms. The van der Waals surface area contributed by atoms with Crippen molar-refractivity contribution >= 4 is 28.4 Å². The molecule has 0 saturated carbocycles. The molecule has 0 aliphatic rings. The van der Waals surface area contributed by atoms with E-state index in [4.69, 9.17) is 0 Å². The number of para-hydroxylation sites is 1. The lowest BCUT2D eigenvalue weighted by molar-refractivity contribution is 0.0827. The van der Waals surface area contributed by atoms with Crippen LogP contribution >= 0.6 is 0 Å². The Hall–Kier alpha value is -3.15. The van der Waals surface area contributed by atoms with Gasteiger partial charge < -0.3 is 10.2 Å². The average Bonchev–Trinajstić information content (AvgIpc) is 2.99. The SMILES string of the molecule is CN(C)C(=O)c1ccc(NC(=O)c2n[nH]c3ccccc23)cc1. The lowest BCUT2D eigenvalue weighted by Gasteiger charge is -2.10. The van der Waals surface area contributed by atoms with E-state index >= 15 is 0 Å². The molecule has 0 unspecified atom stereocenters. The first kappa shape index (κ1) is 14.8. The van der Waals surface area contributed by atoms with Gasteiger partial charge in [0.25, 0.3) is 11.8 Å². The van der Waals surface area contributed by atoms with Crippen molar-refractivity contribution in [2.45, 2.75) is 0 Å². The van der Waals surface area contributed by atoms with Gasteiger partial charge in [0.2, 0.25) is 0 Å². The second-order valence-corrected chi connectivity index (χ2v) is 5.35. The molecule has 0 atom stereocenters. The van der Waals surface area contributed by atoms with E-state index in [1.54, 1.807) is 38.4 Å². The molecule has 0 bridgehead atoms. The molecule has 0 aliphatic carbocycles. The molecule has 3 aromatic rings. The van der Waals surface area contributed by atoms with Gasteiger partial charge in [-0.25, -0.2) is 0 Å². The smallest absolute Gasteiger partial charge is 0.276 e. The number of anilines is 1. The third kappa shape index (κ3) is 2.91. The molecule has 0 fully saturated rings. The number of benzene rings is 2. The fourth-order valence-electron chi connectivity index (χ4n) is 2.28. The molecule has 1 heterocycles. The van der Waals surface area contributed by atoms with Crippen LogP contribution in [0.4, 0.5) is 5.69 Å². The lowest BCUT2D eigenvalue weighted by Crippen LogP contribution is -2.21. The van der Waals surface area contributed by atoms with Crippen molar-refractivity contribution in [1.29, 1.82) is 0 Å². The molecule has 2 amide bonds. The van der Waals surface area contributed by atoms with E-state index in [2.05, 4.69) is 15.5 Å². The molecule has 2 aromatic carbocycles. The highest BCUT2D eigenvalue weighted by Gasteiger charge is 2.14. The number of carbonyl (C=O) groups excluding carboxylic acids is 2. The number of hydrogen-bond donors (Lipinski definition) is 2. The summed E-state index contributed by atoms with van der Waals surface area (Å²) in [5.41, 5.74) is 2.33. The second kappa shape index (κ2) is 5.92. The Morgan fingerprint density at radius 3 is 2.43 bits per heavy atom. The molecule has 116 valence electrons. The van der Waals surface area contributed by atoms with Crippen LogP contribution < -0.4 is 5.32 Å². The summed E-state index contributed by atoms with van der Waals surface area (Å²) in [5, 5.41) is 10.4. The van der Waals surface area contributed by atoms with Crippen LogP contribution in [0.25, 0.3) is 10.9 Å². The third-order valence-corrected chi connectivity index (χ3v) is 3.48. The highest BCUT2D eigenvalue weighted by molar-refractivity contribution is 6.11. The van der Waals surface area contributed by atoms with E-state index in [9.17, 15) is 9.59 Å². The Bertz CT molecular complexity index is 866.